The molecule has 1 saturated heterocycles. The maximum absolute atomic E-state index is 6.49. The Morgan fingerprint density at radius 2 is 1.53 bits per heavy atom. The molecule has 188 valence electrons. The van der Waals surface area contributed by atoms with E-state index in [9.17, 15) is 0 Å². The number of aryl methyl sites for hydroxylation is 1. The van der Waals surface area contributed by atoms with Crippen LogP contribution in [0.25, 0.3) is 33.4 Å². The second-order valence-corrected chi connectivity index (χ2v) is 9.32. The summed E-state index contributed by atoms with van der Waals surface area (Å²) in [5, 5.41) is 1.06. The number of piperidine rings is 1. The van der Waals surface area contributed by atoms with Crippen LogP contribution in [0.3, 0.4) is 0 Å². The van der Waals surface area contributed by atoms with E-state index in [0.717, 1.165) is 63.6 Å². The molecule has 5 nitrogen and oxygen atoms in total. The zero-order valence-electron chi connectivity index (χ0n) is 21.5. The first-order valence-electron chi connectivity index (χ1n) is 12.9. The molecule has 0 unspecified atom stereocenters. The Balaban J connectivity index is 1.55. The molecule has 0 saturated carbocycles. The third-order valence-corrected chi connectivity index (χ3v) is 7.11. The topological polar surface area (TPSA) is 44.1 Å². The van der Waals surface area contributed by atoms with Crippen molar-refractivity contribution in [2.75, 3.05) is 40.5 Å². The molecule has 0 atom stereocenters. The van der Waals surface area contributed by atoms with E-state index in [0.29, 0.717) is 6.61 Å². The zero-order chi connectivity index (χ0) is 24.9. The van der Waals surface area contributed by atoms with Crippen molar-refractivity contribution in [2.24, 2.45) is 0 Å². The molecule has 1 aliphatic rings. The summed E-state index contributed by atoms with van der Waals surface area (Å²) in [5.74, 6) is 3.31. The van der Waals surface area contributed by atoms with Gasteiger partial charge in [0.05, 0.1) is 14.2 Å². The van der Waals surface area contributed by atoms with Crippen LogP contribution in [0.2, 0.25) is 0 Å². The summed E-state index contributed by atoms with van der Waals surface area (Å²) >= 11 is 0. The van der Waals surface area contributed by atoms with Gasteiger partial charge >= 0.3 is 0 Å². The average molecular weight is 486 g/mol. The van der Waals surface area contributed by atoms with E-state index < -0.39 is 0 Å². The molecule has 5 rings (SSSR count). The van der Waals surface area contributed by atoms with E-state index in [4.69, 9.17) is 18.6 Å². The predicted octanol–water partition coefficient (Wildman–Crippen LogP) is 7.21. The fraction of sp³-hybridized carbons (Fsp3) is 0.355. The Kier molecular flexibility index (Phi) is 7.47. The smallest absolute Gasteiger partial charge is 0.143 e. The second-order valence-electron chi connectivity index (χ2n) is 9.32. The Hall–Kier alpha value is -3.44. The molecule has 1 aromatic heterocycles. The number of nitrogens with zero attached hydrogens (tertiary/aromatic N) is 1. The fourth-order valence-corrected chi connectivity index (χ4v) is 5.08. The molecule has 36 heavy (non-hydrogen) atoms. The largest absolute Gasteiger partial charge is 0.497 e. The number of rotatable bonds is 9. The molecule has 0 N–H and O–H groups in total. The summed E-state index contributed by atoms with van der Waals surface area (Å²) < 4.78 is 23.6. The van der Waals surface area contributed by atoms with Gasteiger partial charge in [0.15, 0.2) is 0 Å². The molecule has 0 radical (unpaired) electrons. The van der Waals surface area contributed by atoms with Gasteiger partial charge in [-0.2, -0.15) is 0 Å². The number of methoxy groups -OCH3 is 2. The minimum absolute atomic E-state index is 0.694. The Morgan fingerprint density at radius 1 is 0.806 bits per heavy atom. The summed E-state index contributed by atoms with van der Waals surface area (Å²) in [6.45, 7) is 6.21. The van der Waals surface area contributed by atoms with Crippen molar-refractivity contribution >= 4 is 11.0 Å². The third kappa shape index (κ3) is 5.07. The maximum Gasteiger partial charge on any atom is 0.143 e. The second kappa shape index (κ2) is 11.1. The summed E-state index contributed by atoms with van der Waals surface area (Å²) in [4.78, 5) is 2.50. The first-order chi connectivity index (χ1) is 17.7. The molecule has 0 aliphatic carbocycles. The number of likely N-dealkylation sites (tertiary alicyclic amines) is 1. The lowest BCUT2D eigenvalue weighted by molar-refractivity contribution is 0.183. The Morgan fingerprint density at radius 3 is 2.25 bits per heavy atom. The molecule has 0 amide bonds. The first-order valence-corrected chi connectivity index (χ1v) is 12.9. The van der Waals surface area contributed by atoms with Crippen LogP contribution < -0.4 is 14.2 Å². The van der Waals surface area contributed by atoms with E-state index in [1.165, 1.54) is 37.9 Å². The van der Waals surface area contributed by atoms with Crippen LogP contribution in [0.15, 0.2) is 65.1 Å². The van der Waals surface area contributed by atoms with Gasteiger partial charge in [0, 0.05) is 29.1 Å². The summed E-state index contributed by atoms with van der Waals surface area (Å²) in [7, 11) is 3.35. The van der Waals surface area contributed by atoms with Crippen molar-refractivity contribution in [3.8, 4) is 39.7 Å². The van der Waals surface area contributed by atoms with E-state index in [-0.39, 0.29) is 0 Å². The number of ether oxygens (including phenoxy) is 3. The monoisotopic (exact) mass is 485 g/mol. The molecular formula is C31H35NO4. The van der Waals surface area contributed by atoms with Gasteiger partial charge in [-0.25, -0.2) is 0 Å². The number of furan rings is 1. The van der Waals surface area contributed by atoms with Crippen LogP contribution in [0.4, 0.5) is 0 Å². The average Bonchev–Trinajstić information content (AvgIpc) is 3.32. The molecule has 0 spiro atoms. The lowest BCUT2D eigenvalue weighted by Crippen LogP contribution is -2.33. The van der Waals surface area contributed by atoms with Crippen molar-refractivity contribution in [2.45, 2.75) is 32.6 Å². The van der Waals surface area contributed by atoms with Crippen LogP contribution in [0.1, 0.15) is 31.7 Å². The Labute approximate surface area is 213 Å². The van der Waals surface area contributed by atoms with Crippen LogP contribution in [-0.2, 0) is 6.42 Å². The predicted molar refractivity (Wildman–Crippen MR) is 145 cm³/mol. The normalized spacial score (nSPS) is 14.2. The molecule has 0 bridgehead atoms. The lowest BCUT2D eigenvalue weighted by Gasteiger charge is -2.26. The van der Waals surface area contributed by atoms with Gasteiger partial charge in [0.2, 0.25) is 0 Å². The standard InChI is InChI=1S/C31H35NO4/c1-4-22-8-13-26(35-19-18-32-16-6-5-7-17-32)20-28(22)30-27-15-14-25(34-3)21-29(27)36-31(30)23-9-11-24(33-2)12-10-23/h8-15,20-21H,4-7,16-19H2,1-3H3. The summed E-state index contributed by atoms with van der Waals surface area (Å²) in [5.41, 5.74) is 5.28. The van der Waals surface area contributed by atoms with Gasteiger partial charge < -0.3 is 18.6 Å². The van der Waals surface area contributed by atoms with E-state index >= 15 is 0 Å². The number of hydrogen-bond donors (Lipinski definition) is 0. The van der Waals surface area contributed by atoms with E-state index in [1.54, 1.807) is 14.2 Å². The minimum Gasteiger partial charge on any atom is -0.497 e. The van der Waals surface area contributed by atoms with Gasteiger partial charge in [0.25, 0.3) is 0 Å². The van der Waals surface area contributed by atoms with Crippen LogP contribution in [0, 0.1) is 0 Å². The number of fused-ring (bicyclic) bond motifs is 1. The highest BCUT2D eigenvalue weighted by atomic mass is 16.5. The zero-order valence-corrected chi connectivity index (χ0v) is 21.5. The third-order valence-electron chi connectivity index (χ3n) is 7.11. The van der Waals surface area contributed by atoms with Crippen molar-refractivity contribution in [3.63, 3.8) is 0 Å². The van der Waals surface area contributed by atoms with Crippen molar-refractivity contribution in [1.29, 1.82) is 0 Å². The van der Waals surface area contributed by atoms with Gasteiger partial charge in [-0.3, -0.25) is 4.90 Å². The van der Waals surface area contributed by atoms with Crippen LogP contribution in [-0.4, -0.2) is 45.4 Å². The highest BCUT2D eigenvalue weighted by Gasteiger charge is 2.21. The van der Waals surface area contributed by atoms with Gasteiger partial charge in [-0.05, 0) is 92.0 Å². The number of hydrogen-bond acceptors (Lipinski definition) is 5. The van der Waals surface area contributed by atoms with Crippen molar-refractivity contribution in [3.05, 3.63) is 66.2 Å². The van der Waals surface area contributed by atoms with Gasteiger partial charge in [-0.1, -0.05) is 19.4 Å². The highest BCUT2D eigenvalue weighted by Crippen LogP contribution is 2.44. The van der Waals surface area contributed by atoms with Gasteiger partial charge in [0.1, 0.15) is 35.2 Å². The molecule has 3 aromatic carbocycles. The molecular weight excluding hydrogens is 450 g/mol. The SMILES string of the molecule is CCc1ccc(OCCN2CCCCC2)cc1-c1c(-c2ccc(OC)cc2)oc2cc(OC)ccc12. The Bertz CT molecular complexity index is 1300. The van der Waals surface area contributed by atoms with Crippen molar-refractivity contribution < 1.29 is 18.6 Å². The maximum atomic E-state index is 6.49. The summed E-state index contributed by atoms with van der Waals surface area (Å²) in [6.07, 6.45) is 4.85. The quantitative estimate of drug-likeness (QED) is 0.251. The molecule has 2 heterocycles. The number of benzene rings is 3. The fourth-order valence-electron chi connectivity index (χ4n) is 5.08. The van der Waals surface area contributed by atoms with Crippen LogP contribution >= 0.6 is 0 Å². The molecule has 1 fully saturated rings. The first kappa shape index (κ1) is 24.3. The molecule has 4 aromatic rings. The lowest BCUT2D eigenvalue weighted by atomic mass is 9.93. The van der Waals surface area contributed by atoms with E-state index in [1.807, 2.05) is 36.4 Å². The van der Waals surface area contributed by atoms with E-state index in [2.05, 4.69) is 36.1 Å². The molecule has 1 aliphatic heterocycles. The van der Waals surface area contributed by atoms with Crippen molar-refractivity contribution in [1.82, 2.24) is 4.90 Å². The highest BCUT2D eigenvalue weighted by molar-refractivity contribution is 6.03. The molecule has 5 heteroatoms. The van der Waals surface area contributed by atoms with Gasteiger partial charge in [-0.15, -0.1) is 0 Å². The minimum atomic E-state index is 0.694. The van der Waals surface area contributed by atoms with Crippen LogP contribution in [0.5, 0.6) is 17.2 Å². The summed E-state index contributed by atoms with van der Waals surface area (Å²) in [6, 6.07) is 20.5.